The lowest BCUT2D eigenvalue weighted by molar-refractivity contribution is 0.0696. The maximum atomic E-state index is 13.1. The number of nitrogens with one attached hydrogen (secondary N) is 2. The Morgan fingerprint density at radius 2 is 1.81 bits per heavy atom. The van der Waals surface area contributed by atoms with E-state index in [9.17, 15) is 9.59 Å². The second-order valence-electron chi connectivity index (χ2n) is 7.06. The van der Waals surface area contributed by atoms with Gasteiger partial charge in [0.2, 0.25) is 0 Å². The molecule has 0 fully saturated rings. The number of amides is 1. The third-order valence-corrected chi connectivity index (χ3v) is 6.21. The van der Waals surface area contributed by atoms with Crippen molar-refractivity contribution in [2.75, 3.05) is 0 Å². The van der Waals surface area contributed by atoms with Crippen molar-refractivity contribution in [1.82, 2.24) is 10.3 Å². The molecule has 7 heteroatoms. The van der Waals surface area contributed by atoms with E-state index in [4.69, 9.17) is 16.7 Å². The minimum absolute atomic E-state index is 0.201. The Morgan fingerprint density at radius 1 is 1.06 bits per heavy atom. The van der Waals surface area contributed by atoms with Crippen molar-refractivity contribution < 1.29 is 14.7 Å². The summed E-state index contributed by atoms with van der Waals surface area (Å²) in [6.45, 7) is 1.87. The number of carbonyl (C=O) groups excluding carboxylic acids is 1. The highest BCUT2D eigenvalue weighted by molar-refractivity contribution is 7.99. The van der Waals surface area contributed by atoms with E-state index in [1.165, 1.54) is 23.9 Å². The number of aromatic nitrogens is 1. The summed E-state index contributed by atoms with van der Waals surface area (Å²) in [5, 5.41) is 13.6. The third-order valence-electron chi connectivity index (χ3n) is 4.94. The highest BCUT2D eigenvalue weighted by atomic mass is 35.5. The molecule has 0 spiro atoms. The maximum absolute atomic E-state index is 13.1. The van der Waals surface area contributed by atoms with Crippen molar-refractivity contribution in [3.63, 3.8) is 0 Å². The zero-order valence-electron chi connectivity index (χ0n) is 16.6. The number of carbonyl (C=O) groups is 2. The first-order chi connectivity index (χ1) is 14.9. The van der Waals surface area contributed by atoms with Gasteiger partial charge in [-0.3, -0.25) is 4.79 Å². The first-order valence-electron chi connectivity index (χ1n) is 9.60. The number of hydrogen-bond acceptors (Lipinski definition) is 3. The first-order valence-corrected chi connectivity index (χ1v) is 10.8. The zero-order valence-corrected chi connectivity index (χ0v) is 18.1. The number of fused-ring (bicyclic) bond motifs is 1. The van der Waals surface area contributed by atoms with Crippen LogP contribution in [0.3, 0.4) is 0 Å². The number of H-pyrrole nitrogens is 1. The lowest BCUT2D eigenvalue weighted by atomic mass is 10.0. The number of carboxylic acids is 1. The van der Waals surface area contributed by atoms with Gasteiger partial charge in [-0.2, -0.15) is 0 Å². The van der Waals surface area contributed by atoms with Crippen LogP contribution in [0.15, 0.2) is 82.7 Å². The van der Waals surface area contributed by atoms with Gasteiger partial charge in [0.05, 0.1) is 11.6 Å². The van der Waals surface area contributed by atoms with Crippen LogP contribution < -0.4 is 5.32 Å². The summed E-state index contributed by atoms with van der Waals surface area (Å²) < 4.78 is 0. The molecule has 1 atom stereocenters. The molecule has 5 nitrogen and oxygen atoms in total. The molecule has 156 valence electrons. The second-order valence-corrected chi connectivity index (χ2v) is 8.61. The molecule has 3 aromatic carbocycles. The Bertz CT molecular complexity index is 1270. The molecule has 4 aromatic rings. The van der Waals surface area contributed by atoms with E-state index in [1.807, 2.05) is 49.5 Å². The minimum atomic E-state index is -0.980. The summed E-state index contributed by atoms with van der Waals surface area (Å²) in [5.74, 6) is -1.18. The number of hydrogen-bond donors (Lipinski definition) is 3. The number of carboxylic acid groups (broad SMARTS) is 1. The number of aromatic amines is 1. The van der Waals surface area contributed by atoms with Crippen molar-refractivity contribution >= 4 is 46.1 Å². The van der Waals surface area contributed by atoms with Gasteiger partial charge in [-0.25, -0.2) is 4.79 Å². The molecule has 0 unspecified atom stereocenters. The molecular formula is C24H19ClN2O3S. The Labute approximate surface area is 188 Å². The highest BCUT2D eigenvalue weighted by Gasteiger charge is 2.18. The standard InChI is InChI=1S/C24H19ClN2O3S/c1-14(15-8-10-16(11-9-15)24(29)30)27-23(28)19-6-3-7-20-22(19)21(13-26-20)31-18-5-2-4-17(25)12-18/h2-14,26H,1H3,(H,27,28)(H,29,30)/t14-/m0/s1. The van der Waals surface area contributed by atoms with Crippen LogP contribution in [-0.2, 0) is 0 Å². The minimum Gasteiger partial charge on any atom is -0.478 e. The molecule has 0 aliphatic carbocycles. The Hall–Kier alpha value is -3.22. The molecule has 0 saturated carbocycles. The summed E-state index contributed by atoms with van der Waals surface area (Å²) in [4.78, 5) is 29.3. The smallest absolute Gasteiger partial charge is 0.335 e. The number of halogens is 1. The fourth-order valence-electron chi connectivity index (χ4n) is 3.35. The van der Waals surface area contributed by atoms with Gasteiger partial charge >= 0.3 is 5.97 Å². The van der Waals surface area contributed by atoms with Gasteiger partial charge in [0.15, 0.2) is 0 Å². The summed E-state index contributed by atoms with van der Waals surface area (Å²) in [6, 6.07) is 19.4. The highest BCUT2D eigenvalue weighted by Crippen LogP contribution is 2.36. The third kappa shape index (κ3) is 4.60. The van der Waals surface area contributed by atoms with Crippen LogP contribution in [0.2, 0.25) is 5.02 Å². The second kappa shape index (κ2) is 8.88. The van der Waals surface area contributed by atoms with Gasteiger partial charge in [-0.05, 0) is 55.0 Å². The fraction of sp³-hybridized carbons (Fsp3) is 0.0833. The molecular weight excluding hydrogens is 432 g/mol. The molecule has 3 N–H and O–H groups in total. The predicted molar refractivity (Wildman–Crippen MR) is 123 cm³/mol. The quantitative estimate of drug-likeness (QED) is 0.328. The van der Waals surface area contributed by atoms with Crippen molar-refractivity contribution in [2.45, 2.75) is 22.8 Å². The van der Waals surface area contributed by atoms with Crippen LogP contribution in [0.4, 0.5) is 0 Å². The largest absolute Gasteiger partial charge is 0.478 e. The van der Waals surface area contributed by atoms with Crippen LogP contribution in [0, 0.1) is 0 Å². The summed E-state index contributed by atoms with van der Waals surface area (Å²) in [5.41, 5.74) is 2.48. The van der Waals surface area contributed by atoms with Gasteiger partial charge in [-0.15, -0.1) is 0 Å². The van der Waals surface area contributed by atoms with E-state index in [0.717, 1.165) is 26.3 Å². The van der Waals surface area contributed by atoms with Gasteiger partial charge in [0.1, 0.15) is 0 Å². The van der Waals surface area contributed by atoms with Gasteiger partial charge in [0.25, 0.3) is 5.91 Å². The number of aromatic carboxylic acids is 1. The SMILES string of the molecule is C[C@H](NC(=O)c1cccc2[nH]cc(Sc3cccc(Cl)c3)c12)c1ccc(C(=O)O)cc1. The lowest BCUT2D eigenvalue weighted by Crippen LogP contribution is -2.26. The fourth-order valence-corrected chi connectivity index (χ4v) is 4.63. The van der Waals surface area contributed by atoms with Gasteiger partial charge < -0.3 is 15.4 Å². The molecule has 0 saturated heterocycles. The van der Waals surface area contributed by atoms with E-state index in [-0.39, 0.29) is 17.5 Å². The van der Waals surface area contributed by atoms with Crippen LogP contribution in [0.25, 0.3) is 10.9 Å². The van der Waals surface area contributed by atoms with Crippen LogP contribution in [0.5, 0.6) is 0 Å². The maximum Gasteiger partial charge on any atom is 0.335 e. The van der Waals surface area contributed by atoms with E-state index in [0.29, 0.717) is 10.6 Å². The van der Waals surface area contributed by atoms with E-state index in [1.54, 1.807) is 18.2 Å². The van der Waals surface area contributed by atoms with Crippen molar-refractivity contribution in [3.05, 3.63) is 94.6 Å². The molecule has 0 bridgehead atoms. The Kier molecular flexibility index (Phi) is 6.02. The summed E-state index contributed by atoms with van der Waals surface area (Å²) in [7, 11) is 0. The monoisotopic (exact) mass is 450 g/mol. The normalized spacial score (nSPS) is 11.9. The van der Waals surface area contributed by atoms with E-state index >= 15 is 0 Å². The summed E-state index contributed by atoms with van der Waals surface area (Å²) in [6.07, 6.45) is 1.89. The topological polar surface area (TPSA) is 82.2 Å². The lowest BCUT2D eigenvalue weighted by Gasteiger charge is -2.15. The van der Waals surface area contributed by atoms with Crippen LogP contribution in [0.1, 0.15) is 39.2 Å². The van der Waals surface area contributed by atoms with E-state index in [2.05, 4.69) is 10.3 Å². The van der Waals surface area contributed by atoms with Crippen molar-refractivity contribution in [3.8, 4) is 0 Å². The molecule has 0 radical (unpaired) electrons. The first kappa shape index (κ1) is 21.0. The molecule has 1 aromatic heterocycles. The average molecular weight is 451 g/mol. The predicted octanol–water partition coefficient (Wildman–Crippen LogP) is 6.16. The van der Waals surface area contributed by atoms with Gasteiger partial charge in [-0.1, -0.05) is 47.6 Å². The number of benzene rings is 3. The molecule has 31 heavy (non-hydrogen) atoms. The average Bonchev–Trinajstić information content (AvgIpc) is 3.16. The molecule has 0 aliphatic heterocycles. The van der Waals surface area contributed by atoms with Gasteiger partial charge in [0, 0.05) is 37.5 Å². The molecule has 1 amide bonds. The Balaban J connectivity index is 1.60. The molecule has 0 aliphatic rings. The summed E-state index contributed by atoms with van der Waals surface area (Å²) >= 11 is 7.65. The van der Waals surface area contributed by atoms with Crippen molar-refractivity contribution in [1.29, 1.82) is 0 Å². The van der Waals surface area contributed by atoms with Crippen LogP contribution >= 0.6 is 23.4 Å². The Morgan fingerprint density at radius 3 is 2.52 bits per heavy atom. The van der Waals surface area contributed by atoms with Crippen molar-refractivity contribution in [2.24, 2.45) is 0 Å². The molecule has 4 rings (SSSR count). The molecule has 1 heterocycles. The van der Waals surface area contributed by atoms with Crippen LogP contribution in [-0.4, -0.2) is 22.0 Å². The number of rotatable bonds is 6. The van der Waals surface area contributed by atoms with E-state index < -0.39 is 5.97 Å². The zero-order chi connectivity index (χ0) is 22.0.